The fourth-order valence-corrected chi connectivity index (χ4v) is 3.88. The molecule has 146 valence electrons. The van der Waals surface area contributed by atoms with E-state index in [9.17, 15) is 4.79 Å². The lowest BCUT2D eigenvalue weighted by Crippen LogP contribution is -2.23. The predicted molar refractivity (Wildman–Crippen MR) is 115 cm³/mol. The Morgan fingerprint density at radius 3 is 2.62 bits per heavy atom. The maximum atomic E-state index is 13.0. The van der Waals surface area contributed by atoms with Gasteiger partial charge in [-0.3, -0.25) is 9.48 Å². The summed E-state index contributed by atoms with van der Waals surface area (Å²) in [4.78, 5) is 14.0. The average Bonchev–Trinajstić information content (AvgIpc) is 3.43. The van der Waals surface area contributed by atoms with Gasteiger partial charge < -0.3 is 10.1 Å². The van der Waals surface area contributed by atoms with Gasteiger partial charge in [0, 0.05) is 18.3 Å². The van der Waals surface area contributed by atoms with Crippen molar-refractivity contribution in [2.24, 2.45) is 0 Å². The number of amides is 1. The summed E-state index contributed by atoms with van der Waals surface area (Å²) in [5.41, 5.74) is 3.33. The summed E-state index contributed by atoms with van der Waals surface area (Å²) in [5.74, 6) is 0.602. The lowest BCUT2D eigenvalue weighted by atomic mass is 10.1. The number of ether oxygens (including phenoxy) is 1. The van der Waals surface area contributed by atoms with Crippen molar-refractivity contribution in [1.82, 2.24) is 15.1 Å². The first-order chi connectivity index (χ1) is 14.2. The second kappa shape index (κ2) is 8.75. The van der Waals surface area contributed by atoms with Crippen molar-refractivity contribution < 1.29 is 9.53 Å². The van der Waals surface area contributed by atoms with E-state index in [4.69, 9.17) is 9.84 Å². The summed E-state index contributed by atoms with van der Waals surface area (Å²) in [7, 11) is 1.63. The van der Waals surface area contributed by atoms with Gasteiger partial charge >= 0.3 is 0 Å². The van der Waals surface area contributed by atoms with E-state index in [-0.39, 0.29) is 5.91 Å². The molecule has 0 aliphatic carbocycles. The Morgan fingerprint density at radius 2 is 1.86 bits per heavy atom. The minimum Gasteiger partial charge on any atom is -0.496 e. The molecule has 0 saturated carbocycles. The number of rotatable bonds is 7. The van der Waals surface area contributed by atoms with E-state index >= 15 is 0 Å². The summed E-state index contributed by atoms with van der Waals surface area (Å²) in [6, 6.07) is 21.7. The van der Waals surface area contributed by atoms with E-state index in [0.717, 1.165) is 21.8 Å². The van der Waals surface area contributed by atoms with Gasteiger partial charge in [-0.1, -0.05) is 54.6 Å². The van der Waals surface area contributed by atoms with Crippen LogP contribution in [0, 0.1) is 0 Å². The Morgan fingerprint density at radius 1 is 1.07 bits per heavy atom. The summed E-state index contributed by atoms with van der Waals surface area (Å²) in [6.45, 7) is 0.996. The number of nitrogens with zero attached hydrogens (tertiary/aromatic N) is 2. The number of carbonyl (C=O) groups excluding carboxylic acids is 1. The molecular weight excluding hydrogens is 382 g/mol. The maximum absolute atomic E-state index is 13.0. The van der Waals surface area contributed by atoms with Gasteiger partial charge in [-0.15, -0.1) is 11.3 Å². The van der Waals surface area contributed by atoms with E-state index in [0.29, 0.717) is 24.3 Å². The maximum Gasteiger partial charge on any atom is 0.255 e. The van der Waals surface area contributed by atoms with Crippen molar-refractivity contribution in [3.63, 3.8) is 0 Å². The minimum atomic E-state index is -0.154. The molecule has 0 atom stereocenters. The smallest absolute Gasteiger partial charge is 0.255 e. The third kappa shape index (κ3) is 4.38. The van der Waals surface area contributed by atoms with Crippen molar-refractivity contribution in [3.05, 3.63) is 95.0 Å². The van der Waals surface area contributed by atoms with Crippen molar-refractivity contribution in [1.29, 1.82) is 0 Å². The van der Waals surface area contributed by atoms with Crippen LogP contribution in [0.2, 0.25) is 0 Å². The Bertz CT molecular complexity index is 1090. The van der Waals surface area contributed by atoms with Crippen LogP contribution < -0.4 is 10.1 Å². The van der Waals surface area contributed by atoms with E-state index in [1.54, 1.807) is 18.4 Å². The molecule has 29 heavy (non-hydrogen) atoms. The third-order valence-electron chi connectivity index (χ3n) is 4.58. The van der Waals surface area contributed by atoms with Gasteiger partial charge in [0.2, 0.25) is 0 Å². The SMILES string of the molecule is COc1ccccc1CNC(=O)c1cn(Cc2ccccc2)nc1-c1cccs1. The number of para-hydroxylation sites is 1. The van der Waals surface area contributed by atoms with Gasteiger partial charge in [-0.25, -0.2) is 0 Å². The highest BCUT2D eigenvalue weighted by Gasteiger charge is 2.19. The first kappa shape index (κ1) is 19.0. The van der Waals surface area contributed by atoms with Crippen molar-refractivity contribution in [3.8, 4) is 16.3 Å². The largest absolute Gasteiger partial charge is 0.496 e. The van der Waals surface area contributed by atoms with Crippen LogP contribution in [0.15, 0.2) is 78.3 Å². The molecule has 4 rings (SSSR count). The van der Waals surface area contributed by atoms with Crippen LogP contribution in [0.1, 0.15) is 21.5 Å². The molecule has 1 N–H and O–H groups in total. The fourth-order valence-electron chi connectivity index (χ4n) is 3.15. The molecule has 1 amide bonds. The number of benzene rings is 2. The second-order valence-electron chi connectivity index (χ2n) is 6.55. The van der Waals surface area contributed by atoms with E-state index in [1.807, 2.05) is 83.0 Å². The molecule has 2 aromatic carbocycles. The molecular formula is C23H21N3O2S. The number of methoxy groups -OCH3 is 1. The molecule has 4 aromatic rings. The quantitative estimate of drug-likeness (QED) is 0.491. The zero-order chi connectivity index (χ0) is 20.1. The van der Waals surface area contributed by atoms with E-state index in [1.165, 1.54) is 0 Å². The number of hydrogen-bond acceptors (Lipinski definition) is 4. The molecule has 0 aliphatic heterocycles. The number of hydrogen-bond donors (Lipinski definition) is 1. The van der Waals surface area contributed by atoms with Gasteiger partial charge in [-0.2, -0.15) is 5.10 Å². The normalized spacial score (nSPS) is 10.7. The molecule has 0 fully saturated rings. The topological polar surface area (TPSA) is 56.1 Å². The van der Waals surface area contributed by atoms with Crippen LogP contribution in [-0.2, 0) is 13.1 Å². The first-order valence-electron chi connectivity index (χ1n) is 9.30. The Kier molecular flexibility index (Phi) is 5.72. The summed E-state index contributed by atoms with van der Waals surface area (Å²) in [5, 5.41) is 9.69. The highest BCUT2D eigenvalue weighted by molar-refractivity contribution is 7.13. The lowest BCUT2D eigenvalue weighted by Gasteiger charge is -2.09. The van der Waals surface area contributed by atoms with Crippen LogP contribution >= 0.6 is 11.3 Å². The monoisotopic (exact) mass is 403 g/mol. The molecule has 2 heterocycles. The highest BCUT2D eigenvalue weighted by Crippen LogP contribution is 2.27. The van der Waals surface area contributed by atoms with Gasteiger partial charge in [0.05, 0.1) is 24.1 Å². The number of aromatic nitrogens is 2. The zero-order valence-electron chi connectivity index (χ0n) is 16.0. The van der Waals surface area contributed by atoms with Gasteiger partial charge in [0.25, 0.3) is 5.91 Å². The molecule has 0 unspecified atom stereocenters. The third-order valence-corrected chi connectivity index (χ3v) is 5.46. The Balaban J connectivity index is 1.58. The number of thiophene rings is 1. The van der Waals surface area contributed by atoms with Crippen molar-refractivity contribution in [2.45, 2.75) is 13.1 Å². The van der Waals surface area contributed by atoms with Gasteiger partial charge in [0.15, 0.2) is 0 Å². The van der Waals surface area contributed by atoms with E-state index in [2.05, 4.69) is 5.32 Å². The van der Waals surface area contributed by atoms with Crippen LogP contribution in [0.4, 0.5) is 0 Å². The van der Waals surface area contributed by atoms with Crippen LogP contribution in [-0.4, -0.2) is 22.8 Å². The molecule has 5 nitrogen and oxygen atoms in total. The molecule has 0 radical (unpaired) electrons. The Hall–Kier alpha value is -3.38. The van der Waals surface area contributed by atoms with Crippen molar-refractivity contribution in [2.75, 3.05) is 7.11 Å². The van der Waals surface area contributed by atoms with Gasteiger partial charge in [0.1, 0.15) is 11.4 Å². The molecule has 0 saturated heterocycles. The van der Waals surface area contributed by atoms with Gasteiger partial charge in [-0.05, 0) is 23.1 Å². The standard InChI is InChI=1S/C23H21N3O2S/c1-28-20-11-6-5-10-18(20)14-24-23(27)19-16-26(15-17-8-3-2-4-9-17)25-22(19)21-12-7-13-29-21/h2-13,16H,14-15H2,1H3,(H,24,27). The van der Waals surface area contributed by atoms with E-state index < -0.39 is 0 Å². The average molecular weight is 404 g/mol. The minimum absolute atomic E-state index is 0.154. The highest BCUT2D eigenvalue weighted by atomic mass is 32.1. The van der Waals surface area contributed by atoms with Crippen LogP contribution in [0.5, 0.6) is 5.75 Å². The fraction of sp³-hybridized carbons (Fsp3) is 0.130. The summed E-state index contributed by atoms with van der Waals surface area (Å²) in [6.07, 6.45) is 1.82. The molecule has 0 bridgehead atoms. The zero-order valence-corrected chi connectivity index (χ0v) is 16.9. The molecule has 6 heteroatoms. The summed E-state index contributed by atoms with van der Waals surface area (Å²) < 4.78 is 7.19. The Labute approximate surface area is 173 Å². The molecule has 0 aliphatic rings. The first-order valence-corrected chi connectivity index (χ1v) is 10.2. The summed E-state index contributed by atoms with van der Waals surface area (Å²) >= 11 is 1.57. The predicted octanol–water partition coefficient (Wildman–Crippen LogP) is 4.60. The van der Waals surface area contributed by atoms with Crippen LogP contribution in [0.3, 0.4) is 0 Å². The number of carbonyl (C=O) groups is 1. The molecule has 2 aromatic heterocycles. The lowest BCUT2D eigenvalue weighted by molar-refractivity contribution is 0.0951. The van der Waals surface area contributed by atoms with Crippen molar-refractivity contribution >= 4 is 17.2 Å². The van der Waals surface area contributed by atoms with Crippen LogP contribution in [0.25, 0.3) is 10.6 Å². The second-order valence-corrected chi connectivity index (χ2v) is 7.49. The molecule has 0 spiro atoms. The number of nitrogens with one attached hydrogen (secondary N) is 1.